The smallest absolute Gasteiger partial charge is 0.306 e. The monoisotopic (exact) mass is 485 g/mol. The first-order valence-corrected chi connectivity index (χ1v) is 12.9. The van der Waals surface area contributed by atoms with Gasteiger partial charge in [-0.1, -0.05) is 70.0 Å². The molecule has 0 atom stereocenters. The molecule has 1 aromatic heterocycles. The first-order chi connectivity index (χ1) is 16.5. The number of ether oxygens (including phenoxy) is 1. The van der Waals surface area contributed by atoms with Gasteiger partial charge in [0.05, 0.1) is 6.61 Å². The number of aromatic hydroxyl groups is 1. The average Bonchev–Trinajstić information content (AvgIpc) is 3.24. The maximum absolute atomic E-state index is 12.3. The summed E-state index contributed by atoms with van der Waals surface area (Å²) in [6.45, 7) is 4.81. The molecule has 0 spiro atoms. The van der Waals surface area contributed by atoms with Crippen LogP contribution in [0.4, 0.5) is 0 Å². The molecule has 0 amide bonds. The summed E-state index contributed by atoms with van der Waals surface area (Å²) in [6.07, 6.45) is 10.5. The van der Waals surface area contributed by atoms with E-state index in [9.17, 15) is 9.90 Å². The zero-order chi connectivity index (χ0) is 24.3. The number of benzene rings is 2. The Balaban J connectivity index is 1.67. The molecule has 0 fully saturated rings. The third-order valence-electron chi connectivity index (χ3n) is 5.96. The number of phenolic OH excluding ortho intramolecular Hbond substituents is 1. The molecule has 3 aromatic rings. The van der Waals surface area contributed by atoms with Crippen molar-refractivity contribution in [2.24, 2.45) is 0 Å². The van der Waals surface area contributed by atoms with E-state index < -0.39 is 0 Å². The van der Waals surface area contributed by atoms with Crippen LogP contribution in [0.1, 0.15) is 82.8 Å². The summed E-state index contributed by atoms with van der Waals surface area (Å²) >= 11 is 6.09. The SMILES string of the molecule is CCCCCCCCOC(=O)CCc1cc(CCCC)c(O)c(-n2nc3ccc(Cl)cc3n2)c1. The van der Waals surface area contributed by atoms with E-state index >= 15 is 0 Å². The van der Waals surface area contributed by atoms with Gasteiger partial charge in [0.2, 0.25) is 0 Å². The van der Waals surface area contributed by atoms with Crippen LogP contribution in [0.2, 0.25) is 5.02 Å². The van der Waals surface area contributed by atoms with Gasteiger partial charge in [0.25, 0.3) is 0 Å². The molecule has 34 heavy (non-hydrogen) atoms. The van der Waals surface area contributed by atoms with Crippen LogP contribution >= 0.6 is 11.6 Å². The second-order valence-corrected chi connectivity index (χ2v) is 9.27. The maximum Gasteiger partial charge on any atom is 0.306 e. The van der Waals surface area contributed by atoms with E-state index in [4.69, 9.17) is 16.3 Å². The van der Waals surface area contributed by atoms with Crippen LogP contribution in [0.5, 0.6) is 5.75 Å². The van der Waals surface area contributed by atoms with Gasteiger partial charge < -0.3 is 9.84 Å². The van der Waals surface area contributed by atoms with Gasteiger partial charge in [0.15, 0.2) is 0 Å². The summed E-state index contributed by atoms with van der Waals surface area (Å²) in [4.78, 5) is 13.7. The molecule has 6 nitrogen and oxygen atoms in total. The third kappa shape index (κ3) is 7.45. The highest BCUT2D eigenvalue weighted by Gasteiger charge is 2.16. The second kappa shape index (κ2) is 13.3. The van der Waals surface area contributed by atoms with Crippen LogP contribution in [0, 0.1) is 0 Å². The lowest BCUT2D eigenvalue weighted by atomic mass is 10.00. The van der Waals surface area contributed by atoms with Crippen molar-refractivity contribution in [2.75, 3.05) is 6.61 Å². The molecule has 0 bridgehead atoms. The number of aromatic nitrogens is 3. The minimum Gasteiger partial charge on any atom is -0.505 e. The van der Waals surface area contributed by atoms with Gasteiger partial charge in [-0.15, -0.1) is 15.0 Å². The summed E-state index contributed by atoms with van der Waals surface area (Å²) < 4.78 is 5.42. The van der Waals surface area contributed by atoms with Crippen LogP contribution in [-0.2, 0) is 22.4 Å². The third-order valence-corrected chi connectivity index (χ3v) is 6.20. The number of hydrogen-bond acceptors (Lipinski definition) is 5. The zero-order valence-electron chi connectivity index (χ0n) is 20.4. The van der Waals surface area contributed by atoms with Gasteiger partial charge in [-0.25, -0.2) is 0 Å². The van der Waals surface area contributed by atoms with Crippen molar-refractivity contribution in [3.63, 3.8) is 0 Å². The van der Waals surface area contributed by atoms with Crippen molar-refractivity contribution < 1.29 is 14.6 Å². The molecule has 0 aliphatic heterocycles. The van der Waals surface area contributed by atoms with Crippen molar-refractivity contribution in [1.29, 1.82) is 0 Å². The summed E-state index contributed by atoms with van der Waals surface area (Å²) in [5.74, 6) is -0.00913. The highest BCUT2D eigenvalue weighted by Crippen LogP contribution is 2.30. The summed E-state index contributed by atoms with van der Waals surface area (Å²) in [5.41, 5.74) is 3.66. The summed E-state index contributed by atoms with van der Waals surface area (Å²) in [7, 11) is 0. The standard InChI is InChI=1S/C27H36ClN3O3/c1-3-5-7-8-9-10-16-34-26(32)15-12-20-17-21(11-6-4-2)27(33)25(18-20)31-29-23-14-13-22(28)19-24(23)30-31/h13-14,17-19,33H,3-12,15-16H2,1-2H3. The second-order valence-electron chi connectivity index (χ2n) is 8.84. The number of phenols is 1. The van der Waals surface area contributed by atoms with Gasteiger partial charge in [-0.2, -0.15) is 0 Å². The van der Waals surface area contributed by atoms with Gasteiger partial charge in [-0.3, -0.25) is 4.79 Å². The van der Waals surface area contributed by atoms with Crippen molar-refractivity contribution in [3.05, 3.63) is 46.5 Å². The van der Waals surface area contributed by atoms with E-state index in [0.29, 0.717) is 41.2 Å². The number of aryl methyl sites for hydroxylation is 2. The van der Waals surface area contributed by atoms with E-state index in [2.05, 4.69) is 24.0 Å². The molecule has 0 unspecified atom stereocenters. The number of carbonyl (C=O) groups is 1. The highest BCUT2D eigenvalue weighted by molar-refractivity contribution is 6.31. The Bertz CT molecular complexity index is 1080. The van der Waals surface area contributed by atoms with Crippen molar-refractivity contribution in [2.45, 2.75) is 84.5 Å². The topological polar surface area (TPSA) is 77.2 Å². The largest absolute Gasteiger partial charge is 0.505 e. The Morgan fingerprint density at radius 2 is 1.68 bits per heavy atom. The molecule has 184 valence electrons. The van der Waals surface area contributed by atoms with Crippen LogP contribution in [0.25, 0.3) is 16.7 Å². The molecule has 0 aliphatic carbocycles. The van der Waals surface area contributed by atoms with E-state index in [1.807, 2.05) is 12.1 Å². The number of fused-ring (bicyclic) bond motifs is 1. The fourth-order valence-corrected chi connectivity index (χ4v) is 4.15. The minimum absolute atomic E-state index is 0.175. The maximum atomic E-state index is 12.3. The van der Waals surface area contributed by atoms with Gasteiger partial charge in [0, 0.05) is 11.4 Å². The molecule has 0 saturated carbocycles. The number of unbranched alkanes of at least 4 members (excludes halogenated alkanes) is 6. The Morgan fingerprint density at radius 1 is 0.941 bits per heavy atom. The average molecular weight is 486 g/mol. The van der Waals surface area contributed by atoms with E-state index in [0.717, 1.165) is 43.2 Å². The van der Waals surface area contributed by atoms with Crippen molar-refractivity contribution in [1.82, 2.24) is 15.0 Å². The molecular formula is C27H36ClN3O3. The number of rotatable bonds is 14. The first-order valence-electron chi connectivity index (χ1n) is 12.5. The molecule has 7 heteroatoms. The number of carbonyl (C=O) groups excluding carboxylic acids is 1. The van der Waals surface area contributed by atoms with Crippen LogP contribution in [-0.4, -0.2) is 32.7 Å². The van der Waals surface area contributed by atoms with Crippen LogP contribution in [0.3, 0.4) is 0 Å². The molecule has 1 heterocycles. The number of esters is 1. The molecule has 0 radical (unpaired) electrons. The number of hydrogen-bond donors (Lipinski definition) is 1. The lowest BCUT2D eigenvalue weighted by Gasteiger charge is -2.12. The van der Waals surface area contributed by atoms with Crippen molar-refractivity contribution >= 4 is 28.6 Å². The lowest BCUT2D eigenvalue weighted by molar-refractivity contribution is -0.143. The Labute approximate surface area is 207 Å². The normalized spacial score (nSPS) is 11.3. The molecular weight excluding hydrogens is 450 g/mol. The van der Waals surface area contributed by atoms with E-state index in [-0.39, 0.29) is 11.7 Å². The summed E-state index contributed by atoms with van der Waals surface area (Å²) in [6, 6.07) is 9.16. The fourth-order valence-electron chi connectivity index (χ4n) is 3.98. The predicted molar refractivity (Wildman–Crippen MR) is 137 cm³/mol. The number of nitrogens with zero attached hydrogens (tertiary/aromatic N) is 3. The fraction of sp³-hybridized carbons (Fsp3) is 0.519. The lowest BCUT2D eigenvalue weighted by Crippen LogP contribution is -2.08. The number of halogens is 1. The Hall–Kier alpha value is -2.60. The quantitative estimate of drug-likeness (QED) is 0.197. The van der Waals surface area contributed by atoms with E-state index in [1.165, 1.54) is 30.5 Å². The highest BCUT2D eigenvalue weighted by atomic mass is 35.5. The Morgan fingerprint density at radius 3 is 2.47 bits per heavy atom. The van der Waals surface area contributed by atoms with Gasteiger partial charge in [0.1, 0.15) is 22.5 Å². The minimum atomic E-state index is -0.184. The molecule has 3 rings (SSSR count). The first kappa shape index (κ1) is 26.0. The molecule has 0 saturated heterocycles. The van der Waals surface area contributed by atoms with Crippen LogP contribution in [0.15, 0.2) is 30.3 Å². The zero-order valence-corrected chi connectivity index (χ0v) is 21.1. The van der Waals surface area contributed by atoms with Gasteiger partial charge >= 0.3 is 5.97 Å². The molecule has 2 aromatic carbocycles. The van der Waals surface area contributed by atoms with Gasteiger partial charge in [-0.05, 0) is 61.1 Å². The summed E-state index contributed by atoms with van der Waals surface area (Å²) in [5, 5.41) is 20.6. The molecule has 0 aliphatic rings. The van der Waals surface area contributed by atoms with E-state index in [1.54, 1.807) is 18.2 Å². The van der Waals surface area contributed by atoms with Crippen LogP contribution < -0.4 is 0 Å². The predicted octanol–water partition coefficient (Wildman–Crippen LogP) is 6.96. The Kier molecular flexibility index (Phi) is 10.2. The molecule has 1 N–H and O–H groups in total. The van der Waals surface area contributed by atoms with Crippen molar-refractivity contribution in [3.8, 4) is 11.4 Å².